The van der Waals surface area contributed by atoms with Crippen LogP contribution in [0.5, 0.6) is 11.5 Å². The van der Waals surface area contributed by atoms with E-state index in [2.05, 4.69) is 47.4 Å². The topological polar surface area (TPSA) is 177 Å². The molecule has 2 aromatic heterocycles. The first-order chi connectivity index (χ1) is 28.8. The Morgan fingerprint density at radius 3 is 1.77 bits per heavy atom. The van der Waals surface area contributed by atoms with Gasteiger partial charge in [0.1, 0.15) is 21.3 Å². The lowest BCUT2D eigenvalue weighted by Gasteiger charge is -2.14. The molecule has 0 saturated carbocycles. The van der Waals surface area contributed by atoms with Gasteiger partial charge in [0, 0.05) is 47.1 Å². The second-order valence-electron chi connectivity index (χ2n) is 15.3. The Morgan fingerprint density at radius 2 is 1.27 bits per heavy atom. The number of nitrogens with one attached hydrogen (secondary N) is 1. The van der Waals surface area contributed by atoms with Gasteiger partial charge in [-0.15, -0.1) is 0 Å². The van der Waals surface area contributed by atoms with Crippen LogP contribution in [0, 0.1) is 13.1 Å². The third kappa shape index (κ3) is 9.40. The van der Waals surface area contributed by atoms with E-state index in [1.165, 1.54) is 11.8 Å². The second kappa shape index (κ2) is 17.8. The minimum Gasteiger partial charge on any atom is -0.502 e. The van der Waals surface area contributed by atoms with Gasteiger partial charge in [0.15, 0.2) is 0 Å². The summed E-state index contributed by atoms with van der Waals surface area (Å²) < 4.78 is 45.2. The van der Waals surface area contributed by atoms with E-state index in [1.807, 2.05) is 58.0 Å². The van der Waals surface area contributed by atoms with Crippen molar-refractivity contribution in [2.24, 2.45) is 5.73 Å². The van der Waals surface area contributed by atoms with Crippen molar-refractivity contribution in [1.29, 1.82) is 0 Å². The molecule has 0 fully saturated rings. The molecule has 4 aromatic carbocycles. The Hall–Kier alpha value is -6.39. The fourth-order valence-electron chi connectivity index (χ4n) is 7.47. The van der Waals surface area contributed by atoms with Crippen molar-refractivity contribution < 1.29 is 26.9 Å². The number of benzene rings is 4. The predicted octanol–water partition coefficient (Wildman–Crippen LogP) is 9.05. The minimum absolute atomic E-state index is 0.00194. The average Bonchev–Trinajstić information content (AvgIpc) is 4.05. The van der Waals surface area contributed by atoms with E-state index in [-0.39, 0.29) is 30.0 Å². The van der Waals surface area contributed by atoms with Crippen LogP contribution in [0.25, 0.3) is 55.4 Å². The lowest BCUT2D eigenvalue weighted by atomic mass is 10.0. The maximum absolute atomic E-state index is 11.4. The number of sulfone groups is 1. The Balaban J connectivity index is 0.000000185. The summed E-state index contributed by atoms with van der Waals surface area (Å²) in [7, 11) is -3.00. The van der Waals surface area contributed by atoms with Crippen LogP contribution >= 0.6 is 0 Å². The average molecular weight is 827 g/mol. The van der Waals surface area contributed by atoms with Gasteiger partial charge in [0.05, 0.1) is 31.1 Å². The highest BCUT2D eigenvalue weighted by Crippen LogP contribution is 2.40. The standard InChI is InChI=1S/C24H26N4O4S.C21H20N4O2/c1-15(2)31-22-11-8-16(14-21(22)25-3)24-27-23(28-32-24)19-7-5-6-18-17(19)9-10-20(18)26-12-13-33(4,29)30;1-12(2)26-19-10-7-13(11-18(19)23-3)21-24-20(25-27-21)16-6-4-5-15-14(16)8-9-17(15)22/h5-8,11,14-15,20,26H,9-10,12-13H2,1-2,4H3;4-7,10-12,17H,8-9,22H2,1-2H3/t20-;17-/m11/s1. The molecule has 8 rings (SSSR count). The summed E-state index contributed by atoms with van der Waals surface area (Å²) in [6, 6.07) is 22.7. The van der Waals surface area contributed by atoms with E-state index in [0.717, 1.165) is 53.5 Å². The molecule has 15 heteroatoms. The highest BCUT2D eigenvalue weighted by molar-refractivity contribution is 7.90. The second-order valence-corrected chi connectivity index (χ2v) is 17.6. The smallest absolute Gasteiger partial charge is 0.256 e. The van der Waals surface area contributed by atoms with Crippen molar-refractivity contribution in [2.45, 2.75) is 77.7 Å². The number of hydrogen-bond donors (Lipinski definition) is 2. The van der Waals surface area contributed by atoms with E-state index in [9.17, 15) is 8.42 Å². The Bertz CT molecular complexity index is 2710. The van der Waals surface area contributed by atoms with Crippen molar-refractivity contribution in [3.05, 3.63) is 118 Å². The van der Waals surface area contributed by atoms with E-state index in [0.29, 0.717) is 64.0 Å². The molecule has 6 aromatic rings. The summed E-state index contributed by atoms with van der Waals surface area (Å²) in [5, 5.41) is 11.7. The molecule has 2 aliphatic carbocycles. The molecular weight excluding hydrogens is 781 g/mol. The molecule has 2 heterocycles. The predicted molar refractivity (Wildman–Crippen MR) is 228 cm³/mol. The van der Waals surface area contributed by atoms with Gasteiger partial charge in [-0.05, 0) is 112 Å². The molecule has 0 amide bonds. The number of ether oxygens (including phenoxy) is 2. The molecule has 0 spiro atoms. The molecular formula is C45H46N8O6S. The molecule has 0 saturated heterocycles. The molecule has 0 aliphatic heterocycles. The molecule has 14 nitrogen and oxygen atoms in total. The summed E-state index contributed by atoms with van der Waals surface area (Å²) in [4.78, 5) is 16.3. The van der Waals surface area contributed by atoms with Gasteiger partial charge in [-0.3, -0.25) is 0 Å². The SMILES string of the molecule is [C-]#[N+]c1cc(-c2nc(-c3cccc4c3CC[C@H]4N)no2)ccc1OC(C)C.[C-]#[N+]c1cc(-c2nc(-c3cccc4c3CC[C@H]4NCCS(C)(=O)=O)no2)ccc1OC(C)C. The number of fused-ring (bicyclic) bond motifs is 2. The van der Waals surface area contributed by atoms with Crippen LogP contribution in [0.3, 0.4) is 0 Å². The van der Waals surface area contributed by atoms with Crippen LogP contribution in [0.15, 0.2) is 81.8 Å². The van der Waals surface area contributed by atoms with Gasteiger partial charge in [-0.1, -0.05) is 46.7 Å². The Kier molecular flexibility index (Phi) is 12.4. The third-order valence-corrected chi connectivity index (χ3v) is 11.1. The molecule has 0 unspecified atom stereocenters. The maximum Gasteiger partial charge on any atom is 0.256 e. The number of hydrogen-bond acceptors (Lipinski definition) is 12. The monoisotopic (exact) mass is 826 g/mol. The summed E-state index contributed by atoms with van der Waals surface area (Å²) >= 11 is 0. The van der Waals surface area contributed by atoms with E-state index in [1.54, 1.807) is 30.3 Å². The van der Waals surface area contributed by atoms with E-state index in [4.69, 9.17) is 37.4 Å². The summed E-state index contributed by atoms with van der Waals surface area (Å²) in [5.74, 6) is 2.95. The van der Waals surface area contributed by atoms with Gasteiger partial charge < -0.3 is 29.6 Å². The van der Waals surface area contributed by atoms with Crippen LogP contribution in [0.2, 0.25) is 0 Å². The first-order valence-electron chi connectivity index (χ1n) is 19.8. The zero-order chi connectivity index (χ0) is 42.6. The van der Waals surface area contributed by atoms with Gasteiger partial charge in [0.25, 0.3) is 11.8 Å². The molecule has 0 bridgehead atoms. The van der Waals surface area contributed by atoms with E-state index >= 15 is 0 Å². The highest BCUT2D eigenvalue weighted by atomic mass is 32.2. The summed E-state index contributed by atoms with van der Waals surface area (Å²) in [5.41, 5.74) is 14.8. The molecule has 0 radical (unpaired) electrons. The molecule has 3 N–H and O–H groups in total. The Morgan fingerprint density at radius 1 is 0.767 bits per heavy atom. The Labute approximate surface area is 349 Å². The van der Waals surface area contributed by atoms with Crippen molar-refractivity contribution in [1.82, 2.24) is 25.6 Å². The fraction of sp³-hybridized carbons (Fsp3) is 0.333. The fourth-order valence-corrected chi connectivity index (χ4v) is 7.96. The lowest BCUT2D eigenvalue weighted by molar-refractivity contribution is 0.244. The number of rotatable bonds is 12. The molecule has 308 valence electrons. The van der Waals surface area contributed by atoms with Gasteiger partial charge >= 0.3 is 0 Å². The lowest BCUT2D eigenvalue weighted by Crippen LogP contribution is -2.25. The zero-order valence-electron chi connectivity index (χ0n) is 34.1. The van der Waals surface area contributed by atoms with E-state index < -0.39 is 9.84 Å². The zero-order valence-corrected chi connectivity index (χ0v) is 34.9. The first kappa shape index (κ1) is 41.8. The maximum atomic E-state index is 11.4. The van der Waals surface area contributed by atoms with Crippen molar-refractivity contribution in [3.63, 3.8) is 0 Å². The van der Waals surface area contributed by atoms with Crippen LogP contribution < -0.4 is 20.5 Å². The molecule has 60 heavy (non-hydrogen) atoms. The van der Waals surface area contributed by atoms with Crippen LogP contribution in [-0.4, -0.2) is 59.5 Å². The molecule has 2 aliphatic rings. The quantitative estimate of drug-likeness (QED) is 0.112. The van der Waals surface area contributed by atoms with Gasteiger partial charge in [-0.2, -0.15) is 9.97 Å². The van der Waals surface area contributed by atoms with Crippen molar-refractivity contribution >= 4 is 21.2 Å². The number of nitrogens with two attached hydrogens (primary N) is 1. The third-order valence-electron chi connectivity index (χ3n) is 10.2. The molecule has 2 atom stereocenters. The normalized spacial score (nSPS) is 15.5. The van der Waals surface area contributed by atoms with Gasteiger partial charge in [0.2, 0.25) is 23.0 Å². The number of aromatic nitrogens is 4. The van der Waals surface area contributed by atoms with Crippen LogP contribution in [0.4, 0.5) is 11.4 Å². The summed E-state index contributed by atoms with van der Waals surface area (Å²) in [6.07, 6.45) is 4.79. The largest absolute Gasteiger partial charge is 0.502 e. The minimum atomic E-state index is -3.00. The first-order valence-corrected chi connectivity index (χ1v) is 21.8. The van der Waals surface area contributed by atoms with Crippen molar-refractivity contribution in [3.8, 4) is 57.2 Å². The van der Waals surface area contributed by atoms with Crippen molar-refractivity contribution in [2.75, 3.05) is 18.6 Å². The summed E-state index contributed by atoms with van der Waals surface area (Å²) in [6.45, 7) is 22.9. The highest BCUT2D eigenvalue weighted by Gasteiger charge is 2.27. The number of nitrogens with zero attached hydrogens (tertiary/aromatic N) is 6. The van der Waals surface area contributed by atoms with Gasteiger partial charge in [-0.25, -0.2) is 18.1 Å². The van der Waals surface area contributed by atoms with Crippen LogP contribution in [0.1, 0.15) is 74.9 Å². The van der Waals surface area contributed by atoms with Crippen LogP contribution in [-0.2, 0) is 22.7 Å².